The molecular weight excluding hydrogens is 398 g/mol. The quantitative estimate of drug-likeness (QED) is 0.479. The number of imidazole rings is 1. The Bertz CT molecular complexity index is 1040. The Morgan fingerprint density at radius 2 is 1.93 bits per heavy atom. The van der Waals surface area contributed by atoms with Crippen molar-refractivity contribution in [1.82, 2.24) is 14.9 Å². The van der Waals surface area contributed by atoms with E-state index in [1.54, 1.807) is 17.9 Å². The lowest BCUT2D eigenvalue weighted by atomic mass is 10.1. The summed E-state index contributed by atoms with van der Waals surface area (Å²) in [6.07, 6.45) is 2.60. The van der Waals surface area contributed by atoms with E-state index in [2.05, 4.69) is 24.1 Å². The maximum Gasteiger partial charge on any atom is 0.270 e. The fraction of sp³-hybridized carbons (Fsp3) is 0.304. The van der Waals surface area contributed by atoms with Gasteiger partial charge in [0.1, 0.15) is 5.69 Å². The number of carbonyl (C=O) groups is 1. The van der Waals surface area contributed by atoms with E-state index in [0.29, 0.717) is 41.0 Å². The standard InChI is InChI=1S/C23H27N3O3S/c1-16(2)11-12-29-20-10-9-17(13-21(20)28-3)14-24-22(27)19-15-25-23(30)26(19)18-7-5-4-6-8-18/h4-10,13,15-16H,11-12,14H2,1-3H3,(H,24,27)(H,25,30). The minimum absolute atomic E-state index is 0.220. The van der Waals surface area contributed by atoms with Crippen LogP contribution in [0.2, 0.25) is 0 Å². The van der Waals surface area contributed by atoms with Crippen LogP contribution >= 0.6 is 12.2 Å². The van der Waals surface area contributed by atoms with Crippen molar-refractivity contribution < 1.29 is 14.3 Å². The van der Waals surface area contributed by atoms with E-state index in [0.717, 1.165) is 17.7 Å². The SMILES string of the molecule is COc1cc(CNC(=O)c2c[nH]c(=S)n2-c2ccccc2)ccc1OCCC(C)C. The highest BCUT2D eigenvalue weighted by atomic mass is 32.1. The minimum atomic E-state index is -0.220. The number of ether oxygens (including phenoxy) is 2. The molecule has 30 heavy (non-hydrogen) atoms. The molecule has 6 nitrogen and oxygen atoms in total. The van der Waals surface area contributed by atoms with Gasteiger partial charge in [-0.05, 0) is 54.4 Å². The van der Waals surface area contributed by atoms with E-state index in [9.17, 15) is 4.79 Å². The lowest BCUT2D eigenvalue weighted by Gasteiger charge is -2.14. The summed E-state index contributed by atoms with van der Waals surface area (Å²) in [6.45, 7) is 5.31. The van der Waals surface area contributed by atoms with Gasteiger partial charge in [-0.3, -0.25) is 9.36 Å². The van der Waals surface area contributed by atoms with Crippen LogP contribution in [0.25, 0.3) is 5.69 Å². The number of rotatable bonds is 9. The van der Waals surface area contributed by atoms with Gasteiger partial charge >= 0.3 is 0 Å². The van der Waals surface area contributed by atoms with Crippen molar-refractivity contribution in [3.05, 3.63) is 70.8 Å². The molecule has 1 heterocycles. The van der Waals surface area contributed by atoms with Crippen molar-refractivity contribution in [2.24, 2.45) is 5.92 Å². The van der Waals surface area contributed by atoms with Crippen LogP contribution in [0, 0.1) is 10.7 Å². The lowest BCUT2D eigenvalue weighted by Crippen LogP contribution is -2.25. The topological polar surface area (TPSA) is 68.3 Å². The van der Waals surface area contributed by atoms with Gasteiger partial charge < -0.3 is 19.8 Å². The molecule has 0 atom stereocenters. The zero-order valence-corrected chi connectivity index (χ0v) is 18.3. The van der Waals surface area contributed by atoms with Crippen LogP contribution in [0.1, 0.15) is 36.3 Å². The zero-order valence-electron chi connectivity index (χ0n) is 17.5. The first-order valence-corrected chi connectivity index (χ1v) is 10.3. The van der Waals surface area contributed by atoms with Gasteiger partial charge in [0.15, 0.2) is 16.3 Å². The normalized spacial score (nSPS) is 10.8. The Balaban J connectivity index is 1.69. The molecule has 3 aromatic rings. The van der Waals surface area contributed by atoms with Crippen molar-refractivity contribution in [2.45, 2.75) is 26.8 Å². The number of hydrogen-bond acceptors (Lipinski definition) is 4. The summed E-state index contributed by atoms with van der Waals surface area (Å²) in [5.74, 6) is 1.71. The first kappa shape index (κ1) is 21.6. The van der Waals surface area contributed by atoms with Gasteiger partial charge in [-0.25, -0.2) is 0 Å². The number of para-hydroxylation sites is 1. The fourth-order valence-corrected chi connectivity index (χ4v) is 3.25. The largest absolute Gasteiger partial charge is 0.493 e. The van der Waals surface area contributed by atoms with E-state index in [1.807, 2.05) is 48.5 Å². The summed E-state index contributed by atoms with van der Waals surface area (Å²) < 4.78 is 13.5. The van der Waals surface area contributed by atoms with Crippen LogP contribution in [0.5, 0.6) is 11.5 Å². The third kappa shape index (κ3) is 5.30. The third-order valence-corrected chi connectivity index (χ3v) is 4.96. The summed E-state index contributed by atoms with van der Waals surface area (Å²) in [5, 5.41) is 2.95. The Morgan fingerprint density at radius 1 is 1.17 bits per heavy atom. The number of carbonyl (C=O) groups excluding carboxylic acids is 1. The van der Waals surface area contributed by atoms with Crippen LogP contribution in [0.4, 0.5) is 0 Å². The van der Waals surface area contributed by atoms with Gasteiger partial charge in [-0.2, -0.15) is 0 Å². The number of methoxy groups -OCH3 is 1. The number of nitrogens with one attached hydrogen (secondary N) is 2. The molecule has 1 aromatic heterocycles. The molecule has 0 fully saturated rings. The highest BCUT2D eigenvalue weighted by Crippen LogP contribution is 2.28. The Hall–Kier alpha value is -3.06. The molecule has 0 spiro atoms. The molecule has 7 heteroatoms. The Labute approximate surface area is 181 Å². The molecule has 158 valence electrons. The second-order valence-corrected chi connectivity index (χ2v) is 7.74. The van der Waals surface area contributed by atoms with Crippen LogP contribution in [-0.2, 0) is 6.54 Å². The number of amides is 1. The first-order chi connectivity index (χ1) is 14.5. The summed E-state index contributed by atoms with van der Waals surface area (Å²) >= 11 is 5.35. The summed E-state index contributed by atoms with van der Waals surface area (Å²) in [5.41, 5.74) is 2.20. The summed E-state index contributed by atoms with van der Waals surface area (Å²) in [4.78, 5) is 15.7. The van der Waals surface area contributed by atoms with Gasteiger partial charge in [-0.1, -0.05) is 38.1 Å². The number of aromatic amines is 1. The maximum absolute atomic E-state index is 12.8. The molecule has 0 unspecified atom stereocenters. The number of H-pyrrole nitrogens is 1. The maximum atomic E-state index is 12.8. The molecule has 3 rings (SSSR count). The summed E-state index contributed by atoms with van der Waals surface area (Å²) in [7, 11) is 1.61. The second kappa shape index (κ2) is 10.1. The fourth-order valence-electron chi connectivity index (χ4n) is 2.99. The van der Waals surface area contributed by atoms with Crippen molar-refractivity contribution in [2.75, 3.05) is 13.7 Å². The molecule has 2 N–H and O–H groups in total. The Kier molecular flexibility index (Phi) is 7.30. The summed E-state index contributed by atoms with van der Waals surface area (Å²) in [6, 6.07) is 15.2. The molecule has 2 aromatic carbocycles. The van der Waals surface area contributed by atoms with Gasteiger partial charge in [0.05, 0.1) is 13.7 Å². The molecule has 0 aliphatic rings. The Morgan fingerprint density at radius 3 is 2.63 bits per heavy atom. The highest BCUT2D eigenvalue weighted by Gasteiger charge is 2.14. The molecule has 0 aliphatic heterocycles. The molecule has 1 amide bonds. The number of nitrogens with zero attached hydrogens (tertiary/aromatic N) is 1. The van der Waals surface area contributed by atoms with Gasteiger partial charge in [0.25, 0.3) is 5.91 Å². The monoisotopic (exact) mass is 425 g/mol. The zero-order chi connectivity index (χ0) is 21.5. The van der Waals surface area contributed by atoms with E-state index in [4.69, 9.17) is 21.7 Å². The number of hydrogen-bond donors (Lipinski definition) is 2. The minimum Gasteiger partial charge on any atom is -0.493 e. The molecule has 0 radical (unpaired) electrons. The second-order valence-electron chi connectivity index (χ2n) is 7.35. The van der Waals surface area contributed by atoms with E-state index in [1.165, 1.54) is 0 Å². The van der Waals surface area contributed by atoms with Crippen molar-refractivity contribution in [1.29, 1.82) is 0 Å². The van der Waals surface area contributed by atoms with Gasteiger partial charge in [-0.15, -0.1) is 0 Å². The van der Waals surface area contributed by atoms with E-state index < -0.39 is 0 Å². The highest BCUT2D eigenvalue weighted by molar-refractivity contribution is 7.71. The molecule has 0 saturated carbocycles. The first-order valence-electron chi connectivity index (χ1n) is 9.93. The van der Waals surface area contributed by atoms with Gasteiger partial charge in [0.2, 0.25) is 0 Å². The van der Waals surface area contributed by atoms with Crippen molar-refractivity contribution in [3.63, 3.8) is 0 Å². The molecule has 0 bridgehead atoms. The van der Waals surface area contributed by atoms with Crippen LogP contribution < -0.4 is 14.8 Å². The van der Waals surface area contributed by atoms with Crippen LogP contribution in [-0.4, -0.2) is 29.2 Å². The van der Waals surface area contributed by atoms with Crippen LogP contribution in [0.3, 0.4) is 0 Å². The van der Waals surface area contributed by atoms with E-state index >= 15 is 0 Å². The van der Waals surface area contributed by atoms with Crippen LogP contribution in [0.15, 0.2) is 54.7 Å². The molecule has 0 saturated heterocycles. The average molecular weight is 426 g/mol. The van der Waals surface area contributed by atoms with Crippen molar-refractivity contribution >= 4 is 18.1 Å². The predicted octanol–water partition coefficient (Wildman–Crippen LogP) is 4.90. The number of benzene rings is 2. The van der Waals surface area contributed by atoms with Gasteiger partial charge in [0, 0.05) is 18.4 Å². The third-order valence-electron chi connectivity index (χ3n) is 4.66. The van der Waals surface area contributed by atoms with Crippen molar-refractivity contribution in [3.8, 4) is 17.2 Å². The predicted molar refractivity (Wildman–Crippen MR) is 120 cm³/mol. The lowest BCUT2D eigenvalue weighted by molar-refractivity contribution is 0.0944. The smallest absolute Gasteiger partial charge is 0.270 e. The average Bonchev–Trinajstić information content (AvgIpc) is 3.14. The van der Waals surface area contributed by atoms with E-state index in [-0.39, 0.29) is 5.91 Å². The molecule has 0 aliphatic carbocycles. The molecular formula is C23H27N3O3S. The number of aromatic nitrogens is 2.